The highest BCUT2D eigenvalue weighted by Gasteiger charge is 2.22. The van der Waals surface area contributed by atoms with Crippen LogP contribution in [-0.4, -0.2) is 30.9 Å². The summed E-state index contributed by atoms with van der Waals surface area (Å²) in [5.74, 6) is 0.223. The van der Waals surface area contributed by atoms with Crippen molar-refractivity contribution < 1.29 is 4.79 Å². The molecular weight excluding hydrogens is 212 g/mol. The van der Waals surface area contributed by atoms with Crippen LogP contribution < -0.4 is 5.32 Å². The highest BCUT2D eigenvalue weighted by atomic mass is 16.2. The van der Waals surface area contributed by atoms with Crippen LogP contribution in [-0.2, 0) is 4.79 Å². The van der Waals surface area contributed by atoms with Gasteiger partial charge in [-0.05, 0) is 25.0 Å². The van der Waals surface area contributed by atoms with Crippen LogP contribution in [0, 0.1) is 13.8 Å². The van der Waals surface area contributed by atoms with E-state index in [0.29, 0.717) is 6.42 Å². The lowest BCUT2D eigenvalue weighted by Gasteiger charge is -2.18. The molecule has 0 bridgehead atoms. The van der Waals surface area contributed by atoms with E-state index < -0.39 is 0 Å². The molecule has 1 N–H and O–H groups in total. The lowest BCUT2D eigenvalue weighted by Crippen LogP contribution is -2.27. The predicted octanol–water partition coefficient (Wildman–Crippen LogP) is 1.80. The largest absolute Gasteiger partial charge is 0.344 e. The van der Waals surface area contributed by atoms with Gasteiger partial charge in [-0.3, -0.25) is 4.79 Å². The van der Waals surface area contributed by atoms with Crippen LogP contribution in [0.5, 0.6) is 0 Å². The first-order valence-corrected chi connectivity index (χ1v) is 6.12. The van der Waals surface area contributed by atoms with Gasteiger partial charge in [0.25, 0.3) is 0 Å². The van der Waals surface area contributed by atoms with Crippen molar-refractivity contribution in [2.45, 2.75) is 26.3 Å². The summed E-state index contributed by atoms with van der Waals surface area (Å²) < 4.78 is 0. The Labute approximate surface area is 103 Å². The summed E-state index contributed by atoms with van der Waals surface area (Å²) in [5, 5.41) is 3.46. The van der Waals surface area contributed by atoms with E-state index in [1.165, 1.54) is 16.7 Å². The Morgan fingerprint density at radius 3 is 2.88 bits per heavy atom. The fourth-order valence-corrected chi connectivity index (χ4v) is 2.29. The number of likely N-dealkylation sites (N-methyl/N-ethyl adjacent to an activating group) is 1. The third-order valence-corrected chi connectivity index (χ3v) is 3.45. The molecule has 2 rings (SSSR count). The van der Waals surface area contributed by atoms with Gasteiger partial charge in [-0.15, -0.1) is 0 Å². The summed E-state index contributed by atoms with van der Waals surface area (Å²) in [5.41, 5.74) is 3.76. The topological polar surface area (TPSA) is 32.3 Å². The molecule has 1 aromatic rings. The first-order chi connectivity index (χ1) is 8.08. The second-order valence-electron chi connectivity index (χ2n) is 4.89. The standard InChI is InChI=1S/C14H20N2O/c1-10-4-5-11(2)12(8-10)13-9-14(17)16(3)7-6-15-13/h4-5,8,13,15H,6-7,9H2,1-3H3. The maximum Gasteiger partial charge on any atom is 0.224 e. The molecule has 1 aliphatic heterocycles. The molecular formula is C14H20N2O. The van der Waals surface area contributed by atoms with E-state index in [9.17, 15) is 4.79 Å². The number of hydrogen-bond acceptors (Lipinski definition) is 2. The third kappa shape index (κ3) is 2.67. The molecule has 1 unspecified atom stereocenters. The van der Waals surface area contributed by atoms with Crippen molar-refractivity contribution in [2.75, 3.05) is 20.1 Å². The van der Waals surface area contributed by atoms with Gasteiger partial charge in [0.2, 0.25) is 5.91 Å². The molecule has 1 aliphatic rings. The number of carbonyl (C=O) groups is 1. The van der Waals surface area contributed by atoms with Gasteiger partial charge in [0.05, 0.1) is 0 Å². The van der Waals surface area contributed by atoms with Crippen molar-refractivity contribution in [3.63, 3.8) is 0 Å². The SMILES string of the molecule is Cc1ccc(C)c(C2CC(=O)N(C)CCN2)c1. The number of benzene rings is 1. The summed E-state index contributed by atoms with van der Waals surface area (Å²) >= 11 is 0. The number of amides is 1. The van der Waals surface area contributed by atoms with Gasteiger partial charge in [0.1, 0.15) is 0 Å². The van der Waals surface area contributed by atoms with Gasteiger partial charge in [-0.25, -0.2) is 0 Å². The fourth-order valence-electron chi connectivity index (χ4n) is 2.29. The van der Waals surface area contributed by atoms with Crippen molar-refractivity contribution in [1.82, 2.24) is 10.2 Å². The van der Waals surface area contributed by atoms with Gasteiger partial charge < -0.3 is 10.2 Å². The second kappa shape index (κ2) is 4.88. The third-order valence-electron chi connectivity index (χ3n) is 3.45. The average molecular weight is 232 g/mol. The van der Waals surface area contributed by atoms with Gasteiger partial charge in [-0.1, -0.05) is 23.8 Å². The van der Waals surface area contributed by atoms with Crippen LogP contribution in [0.1, 0.15) is 29.2 Å². The Morgan fingerprint density at radius 1 is 1.35 bits per heavy atom. The first kappa shape index (κ1) is 12.1. The summed E-state index contributed by atoms with van der Waals surface area (Å²) in [4.78, 5) is 13.7. The normalized spacial score (nSPS) is 21.5. The van der Waals surface area contributed by atoms with Crippen molar-refractivity contribution >= 4 is 5.91 Å². The molecule has 1 fully saturated rings. The Kier molecular flexibility index (Phi) is 3.48. The van der Waals surface area contributed by atoms with Crippen LogP contribution >= 0.6 is 0 Å². The van der Waals surface area contributed by atoms with E-state index in [4.69, 9.17) is 0 Å². The zero-order valence-electron chi connectivity index (χ0n) is 10.8. The van der Waals surface area contributed by atoms with Crippen molar-refractivity contribution in [3.05, 3.63) is 34.9 Å². The molecule has 0 aromatic heterocycles. The van der Waals surface area contributed by atoms with E-state index in [1.807, 2.05) is 7.05 Å². The first-order valence-electron chi connectivity index (χ1n) is 6.12. The summed E-state index contributed by atoms with van der Waals surface area (Å²) in [7, 11) is 1.87. The van der Waals surface area contributed by atoms with E-state index in [1.54, 1.807) is 4.90 Å². The number of carbonyl (C=O) groups excluding carboxylic acids is 1. The van der Waals surface area contributed by atoms with Crippen LogP contribution in [0.25, 0.3) is 0 Å². The highest BCUT2D eigenvalue weighted by molar-refractivity contribution is 5.77. The number of hydrogen-bond donors (Lipinski definition) is 1. The van der Waals surface area contributed by atoms with Crippen molar-refractivity contribution in [1.29, 1.82) is 0 Å². The Bertz CT molecular complexity index is 428. The van der Waals surface area contributed by atoms with Crippen molar-refractivity contribution in [3.8, 4) is 0 Å². The van der Waals surface area contributed by atoms with Gasteiger partial charge in [-0.2, -0.15) is 0 Å². The van der Waals surface area contributed by atoms with E-state index >= 15 is 0 Å². The van der Waals surface area contributed by atoms with E-state index in [0.717, 1.165) is 13.1 Å². The molecule has 0 radical (unpaired) electrons. The lowest BCUT2D eigenvalue weighted by atomic mass is 9.96. The van der Waals surface area contributed by atoms with Gasteiger partial charge >= 0.3 is 0 Å². The van der Waals surface area contributed by atoms with Crippen LogP contribution in [0.2, 0.25) is 0 Å². The molecule has 17 heavy (non-hydrogen) atoms. The molecule has 1 heterocycles. The molecule has 0 spiro atoms. The second-order valence-corrected chi connectivity index (χ2v) is 4.89. The average Bonchev–Trinajstić information content (AvgIpc) is 2.45. The molecule has 1 atom stereocenters. The molecule has 3 heteroatoms. The molecule has 92 valence electrons. The zero-order chi connectivity index (χ0) is 12.4. The van der Waals surface area contributed by atoms with Crippen LogP contribution in [0.3, 0.4) is 0 Å². The maximum absolute atomic E-state index is 11.9. The molecule has 1 saturated heterocycles. The molecule has 1 aromatic carbocycles. The Morgan fingerprint density at radius 2 is 2.12 bits per heavy atom. The zero-order valence-corrected chi connectivity index (χ0v) is 10.8. The number of nitrogens with zero attached hydrogens (tertiary/aromatic N) is 1. The predicted molar refractivity (Wildman–Crippen MR) is 68.9 cm³/mol. The quantitative estimate of drug-likeness (QED) is 0.800. The van der Waals surface area contributed by atoms with Crippen LogP contribution in [0.4, 0.5) is 0 Å². The fraction of sp³-hybridized carbons (Fsp3) is 0.500. The summed E-state index contributed by atoms with van der Waals surface area (Å²) in [6.45, 7) is 5.85. The minimum Gasteiger partial charge on any atom is -0.344 e. The molecule has 1 amide bonds. The minimum absolute atomic E-state index is 0.160. The highest BCUT2D eigenvalue weighted by Crippen LogP contribution is 2.23. The Balaban J connectivity index is 2.26. The summed E-state index contributed by atoms with van der Waals surface area (Å²) in [6.07, 6.45) is 0.556. The maximum atomic E-state index is 11.9. The minimum atomic E-state index is 0.160. The van der Waals surface area contributed by atoms with E-state index in [-0.39, 0.29) is 11.9 Å². The molecule has 0 aliphatic carbocycles. The summed E-state index contributed by atoms with van der Waals surface area (Å²) in [6, 6.07) is 6.59. The monoisotopic (exact) mass is 232 g/mol. The number of nitrogens with one attached hydrogen (secondary N) is 1. The lowest BCUT2D eigenvalue weighted by molar-refractivity contribution is -0.129. The van der Waals surface area contributed by atoms with Gasteiger partial charge in [0.15, 0.2) is 0 Å². The number of aryl methyl sites for hydroxylation is 2. The van der Waals surface area contributed by atoms with Crippen LogP contribution in [0.15, 0.2) is 18.2 Å². The number of rotatable bonds is 1. The van der Waals surface area contributed by atoms with Crippen molar-refractivity contribution in [2.24, 2.45) is 0 Å². The smallest absolute Gasteiger partial charge is 0.224 e. The van der Waals surface area contributed by atoms with Gasteiger partial charge in [0, 0.05) is 32.6 Å². The van der Waals surface area contributed by atoms with E-state index in [2.05, 4.69) is 37.4 Å². The molecule has 3 nitrogen and oxygen atoms in total. The Hall–Kier alpha value is -1.35. The molecule has 0 saturated carbocycles.